The SMILES string of the molecule is C=CCOc1ccc(-c2nc3sc4c(c3c(=O)[nH]2)CCCCC4)cc1Br. The Morgan fingerprint density at radius 2 is 2.15 bits per heavy atom. The molecule has 1 aliphatic carbocycles. The molecule has 0 amide bonds. The smallest absolute Gasteiger partial charge is 0.260 e. The van der Waals surface area contributed by atoms with Crippen LogP contribution in [-0.2, 0) is 12.8 Å². The molecule has 3 aromatic rings. The van der Waals surface area contributed by atoms with Gasteiger partial charge in [-0.2, -0.15) is 0 Å². The fourth-order valence-corrected chi connectivity index (χ4v) is 5.15. The highest BCUT2D eigenvalue weighted by Crippen LogP contribution is 2.34. The molecule has 0 aliphatic heterocycles. The Balaban J connectivity index is 1.77. The molecule has 26 heavy (non-hydrogen) atoms. The van der Waals surface area contributed by atoms with Gasteiger partial charge in [-0.25, -0.2) is 4.98 Å². The van der Waals surface area contributed by atoms with E-state index in [0.29, 0.717) is 12.4 Å². The summed E-state index contributed by atoms with van der Waals surface area (Å²) in [7, 11) is 0. The van der Waals surface area contributed by atoms with Crippen LogP contribution in [0.2, 0.25) is 0 Å². The molecule has 4 nitrogen and oxygen atoms in total. The van der Waals surface area contributed by atoms with E-state index in [1.165, 1.54) is 23.3 Å². The van der Waals surface area contributed by atoms with E-state index in [4.69, 9.17) is 9.72 Å². The van der Waals surface area contributed by atoms with E-state index < -0.39 is 0 Å². The summed E-state index contributed by atoms with van der Waals surface area (Å²) < 4.78 is 6.40. The van der Waals surface area contributed by atoms with Crippen molar-refractivity contribution in [3.8, 4) is 17.1 Å². The lowest BCUT2D eigenvalue weighted by atomic mass is 10.1. The number of halogens is 1. The highest BCUT2D eigenvalue weighted by Gasteiger charge is 2.19. The fraction of sp³-hybridized carbons (Fsp3) is 0.300. The second-order valence-electron chi connectivity index (χ2n) is 6.40. The summed E-state index contributed by atoms with van der Waals surface area (Å²) >= 11 is 5.20. The topological polar surface area (TPSA) is 55.0 Å². The van der Waals surface area contributed by atoms with E-state index in [1.54, 1.807) is 17.4 Å². The third-order valence-electron chi connectivity index (χ3n) is 4.64. The van der Waals surface area contributed by atoms with Crippen LogP contribution >= 0.6 is 27.3 Å². The number of hydrogen-bond acceptors (Lipinski definition) is 4. The van der Waals surface area contributed by atoms with Crippen LogP contribution in [0.3, 0.4) is 0 Å². The average Bonchev–Trinajstić information content (AvgIpc) is 2.83. The number of nitrogens with zero attached hydrogens (tertiary/aromatic N) is 1. The number of rotatable bonds is 4. The third kappa shape index (κ3) is 3.23. The summed E-state index contributed by atoms with van der Waals surface area (Å²) in [5.41, 5.74) is 2.04. The van der Waals surface area contributed by atoms with Crippen LogP contribution in [-0.4, -0.2) is 16.6 Å². The van der Waals surface area contributed by atoms with Gasteiger partial charge in [0.1, 0.15) is 23.0 Å². The van der Waals surface area contributed by atoms with Crippen molar-refractivity contribution in [1.82, 2.24) is 9.97 Å². The van der Waals surface area contributed by atoms with Gasteiger partial charge in [0.2, 0.25) is 0 Å². The van der Waals surface area contributed by atoms with E-state index in [9.17, 15) is 4.79 Å². The summed E-state index contributed by atoms with van der Waals surface area (Å²) in [5.74, 6) is 1.33. The van der Waals surface area contributed by atoms with Crippen LogP contribution in [0, 0.1) is 0 Å². The van der Waals surface area contributed by atoms with Crippen molar-refractivity contribution >= 4 is 37.5 Å². The van der Waals surface area contributed by atoms with Crippen molar-refractivity contribution in [3.05, 3.63) is 56.1 Å². The van der Waals surface area contributed by atoms with Crippen LogP contribution in [0.15, 0.2) is 40.1 Å². The molecule has 0 atom stereocenters. The molecule has 2 aromatic heterocycles. The molecule has 0 fully saturated rings. The summed E-state index contributed by atoms with van der Waals surface area (Å²) in [5, 5.41) is 0.792. The molecule has 0 radical (unpaired) electrons. The monoisotopic (exact) mass is 430 g/mol. The normalized spacial score (nSPS) is 14.0. The van der Waals surface area contributed by atoms with Crippen molar-refractivity contribution < 1.29 is 4.74 Å². The number of H-pyrrole nitrogens is 1. The van der Waals surface area contributed by atoms with E-state index in [1.807, 2.05) is 18.2 Å². The van der Waals surface area contributed by atoms with Crippen molar-refractivity contribution in [2.75, 3.05) is 6.61 Å². The maximum atomic E-state index is 12.8. The lowest BCUT2D eigenvalue weighted by Crippen LogP contribution is -2.10. The molecule has 0 saturated heterocycles. The van der Waals surface area contributed by atoms with E-state index in [2.05, 4.69) is 27.5 Å². The van der Waals surface area contributed by atoms with Gasteiger partial charge in [0, 0.05) is 10.4 Å². The Hall–Kier alpha value is -1.92. The predicted molar refractivity (Wildman–Crippen MR) is 110 cm³/mol. The Morgan fingerprint density at radius 3 is 2.96 bits per heavy atom. The lowest BCUT2D eigenvalue weighted by molar-refractivity contribution is 0.361. The largest absolute Gasteiger partial charge is 0.488 e. The number of ether oxygens (including phenoxy) is 1. The minimum Gasteiger partial charge on any atom is -0.488 e. The molecule has 0 spiro atoms. The Labute approximate surface area is 164 Å². The van der Waals surface area contributed by atoms with Crippen LogP contribution in [0.1, 0.15) is 29.7 Å². The van der Waals surface area contributed by atoms with Gasteiger partial charge in [0.25, 0.3) is 5.56 Å². The van der Waals surface area contributed by atoms with Gasteiger partial charge in [-0.3, -0.25) is 4.79 Å². The third-order valence-corrected chi connectivity index (χ3v) is 6.44. The number of aromatic amines is 1. The molecule has 1 N–H and O–H groups in total. The molecule has 0 saturated carbocycles. The van der Waals surface area contributed by atoms with Crippen molar-refractivity contribution in [1.29, 1.82) is 0 Å². The zero-order chi connectivity index (χ0) is 18.1. The summed E-state index contributed by atoms with van der Waals surface area (Å²) in [6.45, 7) is 4.10. The van der Waals surface area contributed by atoms with Gasteiger partial charge in [-0.15, -0.1) is 11.3 Å². The number of hydrogen-bond donors (Lipinski definition) is 1. The van der Waals surface area contributed by atoms with Gasteiger partial charge in [0.05, 0.1) is 9.86 Å². The van der Waals surface area contributed by atoms with Crippen molar-refractivity contribution in [3.63, 3.8) is 0 Å². The van der Waals surface area contributed by atoms with Gasteiger partial charge >= 0.3 is 0 Å². The quantitative estimate of drug-likeness (QED) is 0.454. The number of fused-ring (bicyclic) bond motifs is 3. The number of thiophene rings is 1. The first-order chi connectivity index (χ1) is 12.7. The fourth-order valence-electron chi connectivity index (χ4n) is 3.39. The molecule has 1 aliphatic rings. The molecule has 6 heteroatoms. The van der Waals surface area contributed by atoms with Crippen LogP contribution in [0.25, 0.3) is 21.6 Å². The Bertz CT molecular complexity index is 1040. The maximum absolute atomic E-state index is 12.8. The van der Waals surface area contributed by atoms with Crippen LogP contribution < -0.4 is 10.3 Å². The van der Waals surface area contributed by atoms with E-state index >= 15 is 0 Å². The standard InChI is InChI=1S/C20H19BrN2O2S/c1-2-10-25-15-9-8-12(11-14(15)21)18-22-19(24)17-13-6-4-3-5-7-16(13)26-20(17)23-18/h2,8-9,11H,1,3-7,10H2,(H,22,23,24). The molecule has 134 valence electrons. The zero-order valence-electron chi connectivity index (χ0n) is 14.3. The molecule has 4 rings (SSSR count). The van der Waals surface area contributed by atoms with Crippen molar-refractivity contribution in [2.24, 2.45) is 0 Å². The highest BCUT2D eigenvalue weighted by atomic mass is 79.9. The molecular weight excluding hydrogens is 412 g/mol. The van der Waals surface area contributed by atoms with Crippen LogP contribution in [0.4, 0.5) is 0 Å². The van der Waals surface area contributed by atoms with Gasteiger partial charge in [-0.1, -0.05) is 19.1 Å². The first kappa shape index (κ1) is 17.5. The molecule has 1 aromatic carbocycles. The average molecular weight is 431 g/mol. The minimum absolute atomic E-state index is 0.0347. The minimum atomic E-state index is -0.0347. The molecule has 0 bridgehead atoms. The van der Waals surface area contributed by atoms with Gasteiger partial charge in [0.15, 0.2) is 0 Å². The Morgan fingerprint density at radius 1 is 1.31 bits per heavy atom. The molecule has 2 heterocycles. The zero-order valence-corrected chi connectivity index (χ0v) is 16.7. The highest BCUT2D eigenvalue weighted by molar-refractivity contribution is 9.10. The molecule has 0 unspecified atom stereocenters. The van der Waals surface area contributed by atoms with Gasteiger partial charge < -0.3 is 9.72 Å². The van der Waals surface area contributed by atoms with E-state index in [-0.39, 0.29) is 5.56 Å². The Kier molecular flexibility index (Phi) is 4.96. The predicted octanol–water partition coefficient (Wildman–Crippen LogP) is 5.25. The first-order valence-corrected chi connectivity index (χ1v) is 10.4. The van der Waals surface area contributed by atoms with Gasteiger partial charge in [-0.05, 0) is 65.4 Å². The second-order valence-corrected chi connectivity index (χ2v) is 8.34. The van der Waals surface area contributed by atoms with Crippen LogP contribution in [0.5, 0.6) is 5.75 Å². The molecular formula is C20H19BrN2O2S. The number of benzene rings is 1. The second kappa shape index (κ2) is 7.37. The number of aromatic nitrogens is 2. The maximum Gasteiger partial charge on any atom is 0.260 e. The number of aryl methyl sites for hydroxylation is 2. The number of nitrogens with one attached hydrogen (secondary N) is 1. The lowest BCUT2D eigenvalue weighted by Gasteiger charge is -2.08. The summed E-state index contributed by atoms with van der Waals surface area (Å²) in [4.78, 5) is 22.7. The first-order valence-electron chi connectivity index (χ1n) is 8.75. The van der Waals surface area contributed by atoms with E-state index in [0.717, 1.165) is 45.3 Å². The summed E-state index contributed by atoms with van der Waals surface area (Å²) in [6, 6.07) is 5.70. The van der Waals surface area contributed by atoms with Crippen molar-refractivity contribution in [2.45, 2.75) is 32.1 Å². The summed E-state index contributed by atoms with van der Waals surface area (Å²) in [6.07, 6.45) is 7.34.